The molecule has 5 heteroatoms. The van der Waals surface area contributed by atoms with Crippen LogP contribution in [0.1, 0.15) is 0 Å². The van der Waals surface area contributed by atoms with E-state index in [0.29, 0.717) is 0 Å². The van der Waals surface area contributed by atoms with Gasteiger partial charge in [0.1, 0.15) is 0 Å². The maximum Gasteiger partial charge on any atom is 2.00 e. The Balaban J connectivity index is 0.000000640. The van der Waals surface area contributed by atoms with Crippen LogP contribution in [0.4, 0.5) is 0 Å². The zero-order valence-corrected chi connectivity index (χ0v) is 6.95. The van der Waals surface area contributed by atoms with Gasteiger partial charge in [-0.15, -0.1) is 0 Å². The van der Waals surface area contributed by atoms with Gasteiger partial charge in [0.2, 0.25) is 0 Å². The summed E-state index contributed by atoms with van der Waals surface area (Å²) in [4.78, 5) is 0. The number of furan rings is 1. The minimum atomic E-state index is -1.98. The first kappa shape index (κ1) is 9.52. The molecule has 0 aliphatic heterocycles. The third-order valence-electron chi connectivity index (χ3n) is 0.775. The van der Waals surface area contributed by atoms with Crippen molar-refractivity contribution in [2.24, 2.45) is 0 Å². The van der Waals surface area contributed by atoms with Crippen molar-refractivity contribution in [1.82, 2.24) is 0 Å². The van der Waals surface area contributed by atoms with Crippen LogP contribution >= 0.6 is 0 Å². The van der Waals surface area contributed by atoms with Gasteiger partial charge in [-0.05, 0) is 19.3 Å². The van der Waals surface area contributed by atoms with Crippen LogP contribution in [0.3, 0.4) is 0 Å². The van der Waals surface area contributed by atoms with Crippen molar-refractivity contribution in [3.63, 3.8) is 0 Å². The van der Waals surface area contributed by atoms with E-state index < -0.39 is 7.12 Å². The second kappa shape index (κ2) is 4.36. The Hall–Kier alpha value is 0.525. The van der Waals surface area contributed by atoms with Crippen molar-refractivity contribution in [3.8, 4) is 0 Å². The minimum absolute atomic E-state index is 0. The van der Waals surface area contributed by atoms with E-state index in [1.54, 1.807) is 0 Å². The Bertz CT molecular complexity index is 151. The SMILES string of the molecule is [Ca+2].[O-]B([O-])c1ccco1. The molecule has 0 aliphatic carbocycles. The standard InChI is InChI=1S/C4H3BO3.Ca/c6-5(7)4-2-1-3-8-4;/h1-3H;/q-2;+2. The summed E-state index contributed by atoms with van der Waals surface area (Å²) in [6.07, 6.45) is 1.30. The second-order valence-corrected chi connectivity index (χ2v) is 1.35. The Morgan fingerprint density at radius 1 is 1.44 bits per heavy atom. The van der Waals surface area contributed by atoms with Crippen LogP contribution < -0.4 is 15.7 Å². The van der Waals surface area contributed by atoms with Crippen LogP contribution in [0.15, 0.2) is 22.8 Å². The van der Waals surface area contributed by atoms with Crippen LogP contribution in [0, 0.1) is 0 Å². The Labute approximate surface area is 82.8 Å². The first-order valence-corrected chi connectivity index (χ1v) is 2.16. The summed E-state index contributed by atoms with van der Waals surface area (Å²) in [6.45, 7) is 0. The maximum absolute atomic E-state index is 9.94. The molecule has 0 spiro atoms. The topological polar surface area (TPSA) is 59.3 Å². The molecule has 1 rings (SSSR count). The van der Waals surface area contributed by atoms with Gasteiger partial charge in [0, 0.05) is 5.66 Å². The molecule has 0 aromatic carbocycles. The first-order valence-electron chi connectivity index (χ1n) is 2.16. The molecule has 1 heterocycles. The molecule has 0 N–H and O–H groups in total. The zero-order valence-electron chi connectivity index (χ0n) is 4.74. The summed E-state index contributed by atoms with van der Waals surface area (Å²) >= 11 is 0. The Kier molecular flexibility index (Phi) is 4.61. The third-order valence-corrected chi connectivity index (χ3v) is 0.775. The fourth-order valence-electron chi connectivity index (χ4n) is 0.425. The monoisotopic (exact) mass is 150 g/mol. The van der Waals surface area contributed by atoms with Gasteiger partial charge >= 0.3 is 37.7 Å². The van der Waals surface area contributed by atoms with Gasteiger partial charge in [-0.2, -0.15) is 0 Å². The predicted octanol–water partition coefficient (Wildman–Crippen LogP) is -2.69. The van der Waals surface area contributed by atoms with Crippen molar-refractivity contribution in [2.45, 2.75) is 0 Å². The van der Waals surface area contributed by atoms with Crippen molar-refractivity contribution >= 4 is 50.5 Å². The van der Waals surface area contributed by atoms with Crippen molar-refractivity contribution in [1.29, 1.82) is 0 Å². The quantitative estimate of drug-likeness (QED) is 0.409. The summed E-state index contributed by atoms with van der Waals surface area (Å²) in [5.41, 5.74) is -0.0509. The molecular weight excluding hydrogens is 147 g/mol. The van der Waals surface area contributed by atoms with Gasteiger partial charge in [-0.25, -0.2) is 0 Å². The molecule has 1 aromatic heterocycles. The summed E-state index contributed by atoms with van der Waals surface area (Å²) < 4.78 is 4.47. The molecule has 42 valence electrons. The molecule has 1 aromatic rings. The van der Waals surface area contributed by atoms with Gasteiger partial charge < -0.3 is 14.5 Å². The summed E-state index contributed by atoms with van der Waals surface area (Å²) in [6, 6.07) is 2.88. The number of hydrogen-bond acceptors (Lipinski definition) is 3. The Morgan fingerprint density at radius 2 is 2.11 bits per heavy atom. The molecule has 0 saturated carbocycles. The summed E-state index contributed by atoms with van der Waals surface area (Å²) in [5, 5.41) is 19.9. The van der Waals surface area contributed by atoms with Gasteiger partial charge in [0.25, 0.3) is 0 Å². The molecule has 3 nitrogen and oxygen atoms in total. The van der Waals surface area contributed by atoms with E-state index in [0.717, 1.165) is 0 Å². The second-order valence-electron chi connectivity index (χ2n) is 1.35. The number of rotatable bonds is 1. The van der Waals surface area contributed by atoms with Crippen LogP contribution in [-0.4, -0.2) is 44.9 Å². The molecule has 0 amide bonds. The molecule has 0 fully saturated rings. The average molecular weight is 150 g/mol. The molecule has 0 radical (unpaired) electrons. The van der Waals surface area contributed by atoms with Crippen LogP contribution in [0.2, 0.25) is 0 Å². The Morgan fingerprint density at radius 3 is 2.33 bits per heavy atom. The fraction of sp³-hybridized carbons (Fsp3) is 0. The molecule has 0 aliphatic rings. The third kappa shape index (κ3) is 2.73. The van der Waals surface area contributed by atoms with Gasteiger partial charge in [-0.1, -0.05) is 0 Å². The van der Waals surface area contributed by atoms with Crippen LogP contribution in [0.25, 0.3) is 0 Å². The van der Waals surface area contributed by atoms with Gasteiger partial charge in [0.15, 0.2) is 0 Å². The van der Waals surface area contributed by atoms with Crippen molar-refractivity contribution in [3.05, 3.63) is 18.4 Å². The molecular formula is C4H3BCaO3. The van der Waals surface area contributed by atoms with E-state index in [9.17, 15) is 10.0 Å². The molecule has 0 saturated heterocycles. The van der Waals surface area contributed by atoms with E-state index in [-0.39, 0.29) is 43.4 Å². The van der Waals surface area contributed by atoms with Crippen LogP contribution in [-0.2, 0) is 0 Å². The first-order chi connectivity index (χ1) is 3.80. The maximum atomic E-state index is 9.94. The molecule has 0 bridgehead atoms. The van der Waals surface area contributed by atoms with Gasteiger partial charge in [-0.3, -0.25) is 0 Å². The van der Waals surface area contributed by atoms with Crippen LogP contribution in [0.5, 0.6) is 0 Å². The zero-order chi connectivity index (χ0) is 5.98. The summed E-state index contributed by atoms with van der Waals surface area (Å²) in [5.74, 6) is 0. The van der Waals surface area contributed by atoms with Crippen molar-refractivity contribution < 1.29 is 14.5 Å². The normalized spacial score (nSPS) is 8.22. The fourth-order valence-corrected chi connectivity index (χ4v) is 0.425. The van der Waals surface area contributed by atoms with Gasteiger partial charge in [0.05, 0.1) is 6.26 Å². The van der Waals surface area contributed by atoms with E-state index >= 15 is 0 Å². The van der Waals surface area contributed by atoms with Crippen molar-refractivity contribution in [2.75, 3.05) is 0 Å². The van der Waals surface area contributed by atoms with E-state index in [2.05, 4.69) is 4.42 Å². The van der Waals surface area contributed by atoms with E-state index in [1.165, 1.54) is 18.4 Å². The predicted molar refractivity (Wildman–Crippen MR) is 29.8 cm³/mol. The molecule has 9 heavy (non-hydrogen) atoms. The van der Waals surface area contributed by atoms with E-state index in [1.807, 2.05) is 0 Å². The minimum Gasteiger partial charge on any atom is -0.887 e. The molecule has 0 unspecified atom stereocenters. The average Bonchev–Trinajstić information content (AvgIpc) is 2.12. The smallest absolute Gasteiger partial charge is 0.887 e. The largest absolute Gasteiger partial charge is 2.00 e. The van der Waals surface area contributed by atoms with E-state index in [4.69, 9.17) is 0 Å². The number of hydrogen-bond donors (Lipinski definition) is 0. The molecule has 0 atom stereocenters. The summed E-state index contributed by atoms with van der Waals surface area (Å²) in [7, 11) is -1.98.